The summed E-state index contributed by atoms with van der Waals surface area (Å²) in [6.07, 6.45) is 4.07. The van der Waals surface area contributed by atoms with Crippen molar-refractivity contribution in [3.8, 4) is 0 Å². The third kappa shape index (κ3) is 5.55. The standard InChI is InChI=1S/C17H20Se2/c1-2-3-14-17(18-15-10-6-4-7-11-15)19-16-12-8-5-9-13-16/h4-13,17H,2-3,14H2,1H3. The third-order valence-corrected chi connectivity index (χ3v) is 9.29. The van der Waals surface area contributed by atoms with Gasteiger partial charge in [0.15, 0.2) is 0 Å². The molecule has 0 saturated heterocycles. The second-order valence-corrected chi connectivity index (χ2v) is 11.3. The van der Waals surface area contributed by atoms with Crippen LogP contribution < -0.4 is 8.92 Å². The van der Waals surface area contributed by atoms with E-state index in [1.54, 1.807) is 8.92 Å². The number of benzene rings is 2. The first-order chi connectivity index (χ1) is 9.38. The van der Waals surface area contributed by atoms with E-state index < -0.39 is 0 Å². The maximum absolute atomic E-state index is 2.29. The predicted molar refractivity (Wildman–Crippen MR) is 86.9 cm³/mol. The Kier molecular flexibility index (Phi) is 6.74. The van der Waals surface area contributed by atoms with Gasteiger partial charge in [-0.25, -0.2) is 0 Å². The second-order valence-electron chi connectivity index (χ2n) is 4.43. The van der Waals surface area contributed by atoms with Gasteiger partial charge in [-0.1, -0.05) is 0 Å². The molecule has 0 spiro atoms. The van der Waals surface area contributed by atoms with Gasteiger partial charge in [0, 0.05) is 0 Å². The average Bonchev–Trinajstić information content (AvgIpc) is 2.47. The van der Waals surface area contributed by atoms with Crippen molar-refractivity contribution < 1.29 is 0 Å². The summed E-state index contributed by atoms with van der Waals surface area (Å²) in [6, 6.07) is 22.1. The van der Waals surface area contributed by atoms with Crippen molar-refractivity contribution in [2.45, 2.75) is 29.9 Å². The summed E-state index contributed by atoms with van der Waals surface area (Å²) in [6.45, 7) is 2.29. The van der Waals surface area contributed by atoms with E-state index in [2.05, 4.69) is 67.6 Å². The zero-order valence-electron chi connectivity index (χ0n) is 11.3. The summed E-state index contributed by atoms with van der Waals surface area (Å²) in [7, 11) is 0. The molecule has 19 heavy (non-hydrogen) atoms. The third-order valence-electron chi connectivity index (χ3n) is 2.81. The maximum atomic E-state index is 2.29. The van der Waals surface area contributed by atoms with Gasteiger partial charge in [-0.3, -0.25) is 0 Å². The van der Waals surface area contributed by atoms with Crippen molar-refractivity contribution in [2.24, 2.45) is 0 Å². The Morgan fingerprint density at radius 2 is 1.26 bits per heavy atom. The molecule has 0 nitrogen and oxygen atoms in total. The predicted octanol–water partition coefficient (Wildman–Crippen LogP) is 2.98. The molecule has 0 fully saturated rings. The normalized spacial score (nSPS) is 10.8. The van der Waals surface area contributed by atoms with Crippen LogP contribution in [0.15, 0.2) is 60.7 Å². The molecular formula is C17H20Se2. The van der Waals surface area contributed by atoms with Crippen molar-refractivity contribution >= 4 is 38.8 Å². The summed E-state index contributed by atoms with van der Waals surface area (Å²) in [5.41, 5.74) is 0. The zero-order valence-corrected chi connectivity index (χ0v) is 14.7. The van der Waals surface area contributed by atoms with Crippen LogP contribution in [-0.4, -0.2) is 29.9 Å². The Labute approximate surface area is 129 Å². The van der Waals surface area contributed by atoms with Crippen LogP contribution in [0.3, 0.4) is 0 Å². The monoisotopic (exact) mass is 384 g/mol. The molecule has 0 amide bonds. The van der Waals surface area contributed by atoms with E-state index in [0.29, 0.717) is 29.9 Å². The minimum absolute atomic E-state index is 0.617. The fraction of sp³-hybridized carbons (Fsp3) is 0.294. The fourth-order valence-electron chi connectivity index (χ4n) is 1.81. The summed E-state index contributed by atoms with van der Waals surface area (Å²) >= 11 is 1.23. The minimum atomic E-state index is 0.617. The molecular weight excluding hydrogens is 362 g/mol. The molecule has 0 aliphatic carbocycles. The van der Waals surface area contributed by atoms with Crippen molar-refractivity contribution in [1.82, 2.24) is 0 Å². The van der Waals surface area contributed by atoms with Gasteiger partial charge in [0.05, 0.1) is 0 Å². The molecule has 0 unspecified atom stereocenters. The van der Waals surface area contributed by atoms with Gasteiger partial charge in [-0.05, 0) is 0 Å². The van der Waals surface area contributed by atoms with E-state index >= 15 is 0 Å². The first-order valence-corrected chi connectivity index (χ1v) is 10.5. The van der Waals surface area contributed by atoms with E-state index in [0.717, 1.165) is 3.71 Å². The summed E-state index contributed by atoms with van der Waals surface area (Å²) in [4.78, 5) is 0. The zero-order chi connectivity index (χ0) is 13.3. The fourth-order valence-corrected chi connectivity index (χ4v) is 8.65. The molecule has 2 heteroatoms. The molecule has 0 heterocycles. The van der Waals surface area contributed by atoms with Gasteiger partial charge in [0.1, 0.15) is 0 Å². The van der Waals surface area contributed by atoms with Crippen molar-refractivity contribution in [1.29, 1.82) is 0 Å². The number of unbranched alkanes of at least 4 members (excludes halogenated alkanes) is 1. The van der Waals surface area contributed by atoms with Crippen LogP contribution in [0.2, 0.25) is 3.71 Å². The molecule has 0 atom stereocenters. The molecule has 0 aliphatic rings. The van der Waals surface area contributed by atoms with Gasteiger partial charge >= 0.3 is 129 Å². The summed E-state index contributed by atoms with van der Waals surface area (Å²) in [5, 5.41) is 0. The molecule has 0 N–H and O–H groups in total. The first-order valence-electron chi connectivity index (χ1n) is 6.82. The number of hydrogen-bond acceptors (Lipinski definition) is 0. The van der Waals surface area contributed by atoms with Crippen LogP contribution in [0.5, 0.6) is 0 Å². The van der Waals surface area contributed by atoms with E-state index in [1.165, 1.54) is 19.3 Å². The van der Waals surface area contributed by atoms with E-state index in [1.807, 2.05) is 0 Å². The number of hydrogen-bond donors (Lipinski definition) is 0. The summed E-state index contributed by atoms with van der Waals surface area (Å²) in [5.74, 6) is 0. The van der Waals surface area contributed by atoms with Crippen LogP contribution in [0.25, 0.3) is 0 Å². The van der Waals surface area contributed by atoms with E-state index in [4.69, 9.17) is 0 Å². The molecule has 2 rings (SSSR count). The Hall–Kier alpha value is -0.521. The molecule has 0 radical (unpaired) electrons. The molecule has 0 saturated carbocycles. The molecule has 0 aromatic heterocycles. The van der Waals surface area contributed by atoms with Crippen LogP contribution in [0, 0.1) is 0 Å². The first kappa shape index (κ1) is 14.9. The van der Waals surface area contributed by atoms with Crippen molar-refractivity contribution in [2.75, 3.05) is 0 Å². The molecule has 2 aromatic rings. The van der Waals surface area contributed by atoms with Crippen molar-refractivity contribution in [3.63, 3.8) is 0 Å². The van der Waals surface area contributed by atoms with Crippen LogP contribution in [0.4, 0.5) is 0 Å². The molecule has 100 valence electrons. The van der Waals surface area contributed by atoms with Gasteiger partial charge in [0.2, 0.25) is 0 Å². The Morgan fingerprint density at radius 3 is 1.68 bits per heavy atom. The second kappa shape index (κ2) is 8.61. The number of rotatable bonds is 7. The Bertz CT molecular complexity index is 412. The quantitative estimate of drug-likeness (QED) is 0.646. The Morgan fingerprint density at radius 1 is 0.789 bits per heavy atom. The molecule has 0 aliphatic heterocycles. The van der Waals surface area contributed by atoms with E-state index in [9.17, 15) is 0 Å². The van der Waals surface area contributed by atoms with Crippen LogP contribution in [-0.2, 0) is 0 Å². The topological polar surface area (TPSA) is 0 Å². The average molecular weight is 382 g/mol. The van der Waals surface area contributed by atoms with Gasteiger partial charge < -0.3 is 0 Å². The Balaban J connectivity index is 1.99. The molecule has 0 bridgehead atoms. The molecule has 2 aromatic carbocycles. The van der Waals surface area contributed by atoms with Gasteiger partial charge in [0.25, 0.3) is 0 Å². The van der Waals surface area contributed by atoms with Crippen LogP contribution >= 0.6 is 0 Å². The van der Waals surface area contributed by atoms with E-state index in [-0.39, 0.29) is 0 Å². The SMILES string of the molecule is CCCCC([Se]c1ccccc1)[Se]c1ccccc1. The summed E-state index contributed by atoms with van der Waals surface area (Å²) < 4.78 is 3.99. The van der Waals surface area contributed by atoms with Crippen LogP contribution in [0.1, 0.15) is 26.2 Å². The van der Waals surface area contributed by atoms with Gasteiger partial charge in [-0.2, -0.15) is 0 Å². The van der Waals surface area contributed by atoms with Crippen molar-refractivity contribution in [3.05, 3.63) is 60.7 Å². The van der Waals surface area contributed by atoms with Gasteiger partial charge in [-0.15, -0.1) is 0 Å².